The first kappa shape index (κ1) is 13.9. The molecule has 1 atom stereocenters. The van der Waals surface area contributed by atoms with Crippen LogP contribution in [0.2, 0.25) is 0 Å². The molecule has 0 aliphatic heterocycles. The average Bonchev–Trinajstić information content (AvgIpc) is 3.21. The number of carbonyl (C=O) groups excluding carboxylic acids is 1. The molecule has 0 saturated heterocycles. The van der Waals surface area contributed by atoms with Crippen LogP contribution in [0.25, 0.3) is 0 Å². The summed E-state index contributed by atoms with van der Waals surface area (Å²) in [7, 11) is 0. The van der Waals surface area contributed by atoms with Crippen molar-refractivity contribution in [2.24, 2.45) is 0 Å². The first-order valence-electron chi connectivity index (χ1n) is 6.82. The lowest BCUT2D eigenvalue weighted by Crippen LogP contribution is -2.34. The van der Waals surface area contributed by atoms with E-state index in [-0.39, 0.29) is 18.5 Å². The summed E-state index contributed by atoms with van der Waals surface area (Å²) >= 11 is 0. The van der Waals surface area contributed by atoms with E-state index >= 15 is 0 Å². The molecular formula is C14H15N7O. The van der Waals surface area contributed by atoms with E-state index in [1.807, 2.05) is 41.1 Å². The van der Waals surface area contributed by atoms with E-state index in [2.05, 4.69) is 25.8 Å². The van der Waals surface area contributed by atoms with Gasteiger partial charge in [-0.1, -0.05) is 30.3 Å². The van der Waals surface area contributed by atoms with Gasteiger partial charge in [-0.25, -0.2) is 9.67 Å². The second-order valence-electron chi connectivity index (χ2n) is 4.80. The van der Waals surface area contributed by atoms with E-state index in [9.17, 15) is 4.79 Å². The van der Waals surface area contributed by atoms with Crippen molar-refractivity contribution < 1.29 is 4.79 Å². The van der Waals surface area contributed by atoms with Gasteiger partial charge >= 0.3 is 0 Å². The molecule has 8 nitrogen and oxygen atoms in total. The maximum absolute atomic E-state index is 12.2. The number of aromatic nitrogens is 6. The molecule has 3 aromatic rings. The Labute approximate surface area is 126 Å². The fourth-order valence-electron chi connectivity index (χ4n) is 2.17. The number of benzene rings is 1. The van der Waals surface area contributed by atoms with Gasteiger partial charge in [-0.15, -0.1) is 5.10 Å². The summed E-state index contributed by atoms with van der Waals surface area (Å²) in [5, 5.41) is 13.7. The third kappa shape index (κ3) is 3.54. The molecule has 0 aliphatic rings. The Bertz CT molecular complexity index is 694. The van der Waals surface area contributed by atoms with E-state index in [0.717, 1.165) is 5.56 Å². The van der Waals surface area contributed by atoms with Crippen molar-refractivity contribution in [3.63, 3.8) is 0 Å². The summed E-state index contributed by atoms with van der Waals surface area (Å²) in [5.41, 5.74) is 1.03. The van der Waals surface area contributed by atoms with Crippen LogP contribution in [0.1, 0.15) is 11.6 Å². The van der Waals surface area contributed by atoms with Gasteiger partial charge in [-0.2, -0.15) is 0 Å². The Hall–Kier alpha value is -3.03. The lowest BCUT2D eigenvalue weighted by Gasteiger charge is -2.19. The highest BCUT2D eigenvalue weighted by molar-refractivity contribution is 5.76. The summed E-state index contributed by atoms with van der Waals surface area (Å²) in [4.78, 5) is 16.2. The number of nitrogens with zero attached hydrogens (tertiary/aromatic N) is 6. The van der Waals surface area contributed by atoms with Crippen molar-refractivity contribution in [3.05, 3.63) is 60.9 Å². The summed E-state index contributed by atoms with van der Waals surface area (Å²) in [5.74, 6) is -0.152. The molecule has 1 unspecified atom stereocenters. The molecule has 0 aliphatic carbocycles. The summed E-state index contributed by atoms with van der Waals surface area (Å²) in [6, 6.07) is 9.66. The Balaban J connectivity index is 1.72. The van der Waals surface area contributed by atoms with Gasteiger partial charge in [0.25, 0.3) is 0 Å². The fourth-order valence-corrected chi connectivity index (χ4v) is 2.17. The van der Waals surface area contributed by atoms with E-state index in [4.69, 9.17) is 0 Å². The van der Waals surface area contributed by atoms with Gasteiger partial charge in [-0.05, 0) is 16.0 Å². The minimum Gasteiger partial charge on any atom is -0.346 e. The van der Waals surface area contributed by atoms with Crippen LogP contribution in [0.4, 0.5) is 0 Å². The molecule has 3 rings (SSSR count). The van der Waals surface area contributed by atoms with Gasteiger partial charge in [0.15, 0.2) is 0 Å². The molecule has 0 bridgehead atoms. The third-order valence-electron chi connectivity index (χ3n) is 3.19. The van der Waals surface area contributed by atoms with E-state index < -0.39 is 0 Å². The van der Waals surface area contributed by atoms with Crippen LogP contribution < -0.4 is 5.32 Å². The minimum atomic E-state index is -0.153. The number of amides is 1. The van der Waals surface area contributed by atoms with Gasteiger partial charge in [0.1, 0.15) is 12.9 Å². The summed E-state index contributed by atoms with van der Waals surface area (Å²) in [6.45, 7) is 0.686. The Morgan fingerprint density at radius 2 is 2.09 bits per heavy atom. The zero-order valence-electron chi connectivity index (χ0n) is 11.8. The maximum atomic E-state index is 12.2. The van der Waals surface area contributed by atoms with Crippen molar-refractivity contribution in [1.82, 2.24) is 35.1 Å². The zero-order valence-corrected chi connectivity index (χ0v) is 11.8. The maximum Gasteiger partial charge on any atom is 0.242 e. The summed E-state index contributed by atoms with van der Waals surface area (Å²) in [6.07, 6.45) is 6.71. The Kier molecular flexibility index (Phi) is 4.19. The van der Waals surface area contributed by atoms with Crippen LogP contribution in [0.5, 0.6) is 0 Å². The molecule has 1 amide bonds. The van der Waals surface area contributed by atoms with Crippen LogP contribution >= 0.6 is 0 Å². The fraction of sp³-hybridized carbons (Fsp3) is 0.214. The van der Waals surface area contributed by atoms with Crippen LogP contribution in [0, 0.1) is 0 Å². The van der Waals surface area contributed by atoms with E-state index in [0.29, 0.717) is 6.54 Å². The quantitative estimate of drug-likeness (QED) is 0.712. The summed E-state index contributed by atoms with van der Waals surface area (Å²) < 4.78 is 3.31. The molecule has 8 heteroatoms. The third-order valence-corrected chi connectivity index (χ3v) is 3.19. The molecule has 112 valence electrons. The lowest BCUT2D eigenvalue weighted by atomic mass is 10.1. The van der Waals surface area contributed by atoms with Crippen molar-refractivity contribution in [1.29, 1.82) is 0 Å². The van der Waals surface area contributed by atoms with Gasteiger partial charge in [-0.3, -0.25) is 4.79 Å². The van der Waals surface area contributed by atoms with E-state index in [1.54, 1.807) is 12.5 Å². The van der Waals surface area contributed by atoms with Crippen molar-refractivity contribution >= 4 is 5.91 Å². The zero-order chi connectivity index (χ0) is 15.2. The second-order valence-corrected chi connectivity index (χ2v) is 4.80. The van der Waals surface area contributed by atoms with Crippen molar-refractivity contribution in [3.8, 4) is 0 Å². The molecule has 2 heterocycles. The number of hydrogen-bond acceptors (Lipinski definition) is 5. The number of rotatable bonds is 6. The number of nitrogens with one attached hydrogen (secondary N) is 1. The topological polar surface area (TPSA) is 90.5 Å². The SMILES string of the molecule is O=C(Cn1cnnn1)NC(Cn1ccnc1)c1ccccc1. The molecule has 1 N–H and O–H groups in total. The van der Waals surface area contributed by atoms with Crippen LogP contribution in [0.15, 0.2) is 55.4 Å². The molecular weight excluding hydrogens is 282 g/mol. The van der Waals surface area contributed by atoms with Gasteiger partial charge < -0.3 is 9.88 Å². The van der Waals surface area contributed by atoms with Crippen molar-refractivity contribution in [2.45, 2.75) is 19.1 Å². The lowest BCUT2D eigenvalue weighted by molar-refractivity contribution is -0.122. The Morgan fingerprint density at radius 1 is 1.23 bits per heavy atom. The molecule has 0 spiro atoms. The highest BCUT2D eigenvalue weighted by Gasteiger charge is 2.15. The average molecular weight is 297 g/mol. The first-order chi connectivity index (χ1) is 10.8. The van der Waals surface area contributed by atoms with Gasteiger partial charge in [0.2, 0.25) is 5.91 Å². The smallest absolute Gasteiger partial charge is 0.242 e. The van der Waals surface area contributed by atoms with Crippen molar-refractivity contribution in [2.75, 3.05) is 0 Å². The minimum absolute atomic E-state index is 0.0836. The highest BCUT2D eigenvalue weighted by atomic mass is 16.2. The Morgan fingerprint density at radius 3 is 2.77 bits per heavy atom. The monoisotopic (exact) mass is 297 g/mol. The van der Waals surface area contributed by atoms with Gasteiger partial charge in [0, 0.05) is 18.9 Å². The molecule has 1 aromatic carbocycles. The highest BCUT2D eigenvalue weighted by Crippen LogP contribution is 2.15. The standard InChI is InChI=1S/C14H15N7O/c22-14(9-21-11-16-18-19-21)17-13(8-20-7-6-15-10-20)12-4-2-1-3-5-12/h1-7,10-11,13H,8-9H2,(H,17,22). The van der Waals surface area contributed by atoms with Crippen LogP contribution in [-0.2, 0) is 17.9 Å². The number of imidazole rings is 1. The second kappa shape index (κ2) is 6.61. The normalized spacial score (nSPS) is 12.0. The predicted molar refractivity (Wildman–Crippen MR) is 77.4 cm³/mol. The molecule has 0 fully saturated rings. The molecule has 0 radical (unpaired) electrons. The number of hydrogen-bond donors (Lipinski definition) is 1. The first-order valence-corrected chi connectivity index (χ1v) is 6.82. The molecule has 2 aromatic heterocycles. The predicted octanol–water partition coefficient (Wildman–Crippen LogP) is 0.427. The molecule has 0 saturated carbocycles. The van der Waals surface area contributed by atoms with Crippen LogP contribution in [0.3, 0.4) is 0 Å². The molecule has 22 heavy (non-hydrogen) atoms. The van der Waals surface area contributed by atoms with E-state index in [1.165, 1.54) is 11.0 Å². The number of tetrazole rings is 1. The number of carbonyl (C=O) groups is 1. The van der Waals surface area contributed by atoms with Crippen LogP contribution in [-0.4, -0.2) is 35.7 Å². The van der Waals surface area contributed by atoms with Gasteiger partial charge in [0.05, 0.1) is 12.4 Å². The largest absolute Gasteiger partial charge is 0.346 e.